The zero-order chi connectivity index (χ0) is 14.5. The number of aliphatic hydroxyl groups is 1. The molecular formula is C16H22N4O. The molecule has 5 heteroatoms. The predicted molar refractivity (Wildman–Crippen MR) is 84.5 cm³/mol. The molecule has 0 spiro atoms. The maximum Gasteiger partial charge on any atom is 0.0640 e. The van der Waals surface area contributed by atoms with Gasteiger partial charge in [0.25, 0.3) is 0 Å². The molecule has 0 saturated carbocycles. The van der Waals surface area contributed by atoms with E-state index in [4.69, 9.17) is 5.11 Å². The van der Waals surface area contributed by atoms with Crippen LogP contribution >= 0.6 is 0 Å². The van der Waals surface area contributed by atoms with Crippen molar-refractivity contribution in [3.8, 4) is 0 Å². The first-order valence-electron chi connectivity index (χ1n) is 7.56. The highest BCUT2D eigenvalue weighted by atomic mass is 16.3. The van der Waals surface area contributed by atoms with Crippen LogP contribution in [0.1, 0.15) is 18.4 Å². The van der Waals surface area contributed by atoms with Gasteiger partial charge in [0.15, 0.2) is 0 Å². The largest absolute Gasteiger partial charge is 0.394 e. The van der Waals surface area contributed by atoms with Crippen molar-refractivity contribution in [2.45, 2.75) is 25.9 Å². The molecule has 0 amide bonds. The fraction of sp³-hybridized carbons (Fsp3) is 0.438. The third-order valence-corrected chi connectivity index (χ3v) is 3.85. The van der Waals surface area contributed by atoms with E-state index < -0.39 is 0 Å². The van der Waals surface area contributed by atoms with Crippen LogP contribution in [0.4, 0.5) is 11.4 Å². The predicted octanol–water partition coefficient (Wildman–Crippen LogP) is 2.09. The van der Waals surface area contributed by atoms with E-state index in [9.17, 15) is 0 Å². The summed E-state index contributed by atoms with van der Waals surface area (Å²) >= 11 is 0. The molecule has 2 N–H and O–H groups in total. The average Bonchev–Trinajstić information content (AvgIpc) is 3.18. The SMILES string of the molecule is OCCn1cc(CNc2ccc(N3CCCC3)cc2)cn1. The number of aromatic nitrogens is 2. The minimum absolute atomic E-state index is 0.118. The van der Waals surface area contributed by atoms with E-state index >= 15 is 0 Å². The lowest BCUT2D eigenvalue weighted by molar-refractivity contribution is 0.269. The number of benzene rings is 1. The number of anilines is 2. The highest BCUT2D eigenvalue weighted by molar-refractivity contribution is 5.55. The smallest absolute Gasteiger partial charge is 0.0640 e. The quantitative estimate of drug-likeness (QED) is 0.854. The average molecular weight is 286 g/mol. The summed E-state index contributed by atoms with van der Waals surface area (Å²) < 4.78 is 1.76. The summed E-state index contributed by atoms with van der Waals surface area (Å²) in [5.41, 5.74) is 3.55. The monoisotopic (exact) mass is 286 g/mol. The number of nitrogens with one attached hydrogen (secondary N) is 1. The van der Waals surface area contributed by atoms with Crippen LogP contribution in [0.2, 0.25) is 0 Å². The van der Waals surface area contributed by atoms with Crippen LogP contribution < -0.4 is 10.2 Å². The van der Waals surface area contributed by atoms with Crippen molar-refractivity contribution in [3.05, 3.63) is 42.2 Å². The Labute approximate surface area is 125 Å². The minimum atomic E-state index is 0.118. The van der Waals surface area contributed by atoms with E-state index in [1.165, 1.54) is 31.6 Å². The van der Waals surface area contributed by atoms with Crippen molar-refractivity contribution in [2.24, 2.45) is 0 Å². The van der Waals surface area contributed by atoms with E-state index in [-0.39, 0.29) is 6.61 Å². The van der Waals surface area contributed by atoms with Crippen LogP contribution in [0, 0.1) is 0 Å². The third kappa shape index (κ3) is 3.55. The Morgan fingerprint density at radius 1 is 1.14 bits per heavy atom. The summed E-state index contributed by atoms with van der Waals surface area (Å²) in [5, 5.41) is 16.5. The van der Waals surface area contributed by atoms with Gasteiger partial charge in [-0.25, -0.2) is 0 Å². The molecule has 0 unspecified atom stereocenters. The van der Waals surface area contributed by atoms with E-state index in [0.717, 1.165) is 17.8 Å². The molecule has 1 fully saturated rings. The molecule has 2 aromatic rings. The molecule has 5 nitrogen and oxygen atoms in total. The Hall–Kier alpha value is -2.01. The molecule has 2 heterocycles. The molecule has 1 saturated heterocycles. The van der Waals surface area contributed by atoms with Gasteiger partial charge in [0.1, 0.15) is 0 Å². The Kier molecular flexibility index (Phi) is 4.40. The first-order chi connectivity index (χ1) is 10.3. The number of nitrogens with zero attached hydrogens (tertiary/aromatic N) is 3. The standard InChI is InChI=1S/C16H22N4O/c21-10-9-20-13-14(12-18-20)11-17-15-3-5-16(6-4-15)19-7-1-2-8-19/h3-6,12-13,17,21H,1-2,7-11H2. The van der Waals surface area contributed by atoms with E-state index in [2.05, 4.69) is 39.6 Å². The molecule has 0 atom stereocenters. The molecule has 0 aliphatic carbocycles. The third-order valence-electron chi connectivity index (χ3n) is 3.85. The maximum atomic E-state index is 8.87. The first kappa shape index (κ1) is 13.9. The lowest BCUT2D eigenvalue weighted by atomic mass is 10.2. The Balaban J connectivity index is 1.54. The number of rotatable bonds is 6. The normalized spacial score (nSPS) is 14.6. The lowest BCUT2D eigenvalue weighted by Gasteiger charge is -2.17. The van der Waals surface area contributed by atoms with Gasteiger partial charge >= 0.3 is 0 Å². The summed E-state index contributed by atoms with van der Waals surface area (Å²) in [6.07, 6.45) is 6.40. The number of aliphatic hydroxyl groups excluding tert-OH is 1. The fourth-order valence-electron chi connectivity index (χ4n) is 2.69. The van der Waals surface area contributed by atoms with Crippen LogP contribution in [-0.2, 0) is 13.1 Å². The maximum absolute atomic E-state index is 8.87. The van der Waals surface area contributed by atoms with Crippen molar-refractivity contribution in [1.82, 2.24) is 9.78 Å². The molecule has 112 valence electrons. The minimum Gasteiger partial charge on any atom is -0.394 e. The van der Waals surface area contributed by atoms with Gasteiger partial charge in [-0.05, 0) is 37.1 Å². The van der Waals surface area contributed by atoms with Gasteiger partial charge < -0.3 is 15.3 Å². The van der Waals surface area contributed by atoms with Crippen LogP contribution in [-0.4, -0.2) is 34.6 Å². The zero-order valence-corrected chi connectivity index (χ0v) is 12.2. The second kappa shape index (κ2) is 6.63. The van der Waals surface area contributed by atoms with E-state index in [0.29, 0.717) is 6.54 Å². The molecule has 0 bridgehead atoms. The van der Waals surface area contributed by atoms with Gasteiger partial charge in [0.2, 0.25) is 0 Å². The Bertz CT molecular complexity index is 558. The van der Waals surface area contributed by atoms with Crippen molar-refractivity contribution >= 4 is 11.4 Å². The Morgan fingerprint density at radius 3 is 2.62 bits per heavy atom. The first-order valence-corrected chi connectivity index (χ1v) is 7.56. The highest BCUT2D eigenvalue weighted by Gasteiger charge is 2.11. The molecule has 1 aliphatic heterocycles. The molecule has 1 aromatic carbocycles. The van der Waals surface area contributed by atoms with Crippen molar-refractivity contribution in [2.75, 3.05) is 29.9 Å². The summed E-state index contributed by atoms with van der Waals surface area (Å²) in [5.74, 6) is 0. The van der Waals surface area contributed by atoms with Crippen molar-refractivity contribution < 1.29 is 5.11 Å². The topological polar surface area (TPSA) is 53.3 Å². The second-order valence-corrected chi connectivity index (χ2v) is 5.43. The van der Waals surface area contributed by atoms with E-state index in [1.54, 1.807) is 4.68 Å². The van der Waals surface area contributed by atoms with Crippen LogP contribution in [0.5, 0.6) is 0 Å². The summed E-state index contributed by atoms with van der Waals surface area (Å²) in [6, 6.07) is 8.63. The fourth-order valence-corrected chi connectivity index (χ4v) is 2.69. The van der Waals surface area contributed by atoms with Crippen molar-refractivity contribution in [1.29, 1.82) is 0 Å². The van der Waals surface area contributed by atoms with Gasteiger partial charge in [0.05, 0.1) is 19.3 Å². The number of hydrogen-bond acceptors (Lipinski definition) is 4. The van der Waals surface area contributed by atoms with Gasteiger partial charge in [-0.1, -0.05) is 0 Å². The van der Waals surface area contributed by atoms with Crippen molar-refractivity contribution in [3.63, 3.8) is 0 Å². The van der Waals surface area contributed by atoms with E-state index in [1.807, 2.05) is 12.4 Å². The molecule has 21 heavy (non-hydrogen) atoms. The van der Waals surface area contributed by atoms with Gasteiger partial charge in [-0.2, -0.15) is 5.10 Å². The zero-order valence-electron chi connectivity index (χ0n) is 12.2. The molecule has 1 aromatic heterocycles. The molecule has 0 radical (unpaired) electrons. The van der Waals surface area contributed by atoms with Crippen LogP contribution in [0.15, 0.2) is 36.7 Å². The highest BCUT2D eigenvalue weighted by Crippen LogP contribution is 2.22. The molecule has 3 rings (SSSR count). The summed E-state index contributed by atoms with van der Waals surface area (Å²) in [6.45, 7) is 3.76. The van der Waals surface area contributed by atoms with Crippen LogP contribution in [0.3, 0.4) is 0 Å². The van der Waals surface area contributed by atoms with Gasteiger partial charge in [-0.3, -0.25) is 4.68 Å². The van der Waals surface area contributed by atoms with Crippen LogP contribution in [0.25, 0.3) is 0 Å². The Morgan fingerprint density at radius 2 is 1.90 bits per heavy atom. The molecule has 1 aliphatic rings. The van der Waals surface area contributed by atoms with Gasteiger partial charge in [-0.15, -0.1) is 0 Å². The lowest BCUT2D eigenvalue weighted by Crippen LogP contribution is -2.17. The summed E-state index contributed by atoms with van der Waals surface area (Å²) in [7, 11) is 0. The molecular weight excluding hydrogens is 264 g/mol. The summed E-state index contributed by atoms with van der Waals surface area (Å²) in [4.78, 5) is 2.43. The van der Waals surface area contributed by atoms with Gasteiger partial charge in [0, 0.05) is 42.8 Å². The second-order valence-electron chi connectivity index (χ2n) is 5.43. The number of hydrogen-bond donors (Lipinski definition) is 2.